The number of para-hydroxylation sites is 1. The van der Waals surface area contributed by atoms with Gasteiger partial charge in [-0.25, -0.2) is 0 Å². The number of carbonyl (C=O) groups is 1. The van der Waals surface area contributed by atoms with Crippen LogP contribution in [0.4, 0.5) is 17.2 Å². The van der Waals surface area contributed by atoms with Gasteiger partial charge in [-0.05, 0) is 48.9 Å². The number of aromatic amines is 1. The molecule has 3 aromatic carbocycles. The molecule has 6 heteroatoms. The third-order valence-corrected chi connectivity index (χ3v) is 4.84. The fourth-order valence-electron chi connectivity index (χ4n) is 3.38. The molecule has 0 saturated heterocycles. The Hall–Kier alpha value is -3.64. The zero-order valence-corrected chi connectivity index (χ0v) is 15.9. The lowest BCUT2D eigenvalue weighted by atomic mass is 9.94. The van der Waals surface area contributed by atoms with E-state index < -0.39 is 0 Å². The van der Waals surface area contributed by atoms with Gasteiger partial charge in [-0.3, -0.25) is 9.89 Å². The van der Waals surface area contributed by atoms with Crippen molar-refractivity contribution in [2.24, 2.45) is 5.73 Å². The van der Waals surface area contributed by atoms with Crippen LogP contribution in [0.2, 0.25) is 0 Å². The Morgan fingerprint density at radius 1 is 0.966 bits per heavy atom. The predicted molar refractivity (Wildman–Crippen MR) is 117 cm³/mol. The summed E-state index contributed by atoms with van der Waals surface area (Å²) in [6.45, 7) is 0.443. The predicted octanol–water partition coefficient (Wildman–Crippen LogP) is 4.38. The highest BCUT2D eigenvalue weighted by Crippen LogP contribution is 2.28. The van der Waals surface area contributed by atoms with Crippen molar-refractivity contribution in [3.63, 3.8) is 0 Å². The minimum Gasteiger partial charge on any atom is -0.338 e. The van der Waals surface area contributed by atoms with Crippen LogP contribution in [0.1, 0.15) is 17.9 Å². The number of amides is 1. The second-order valence-corrected chi connectivity index (χ2v) is 6.85. The highest BCUT2D eigenvalue weighted by atomic mass is 16.1. The Kier molecular flexibility index (Phi) is 5.54. The number of nitrogens with two attached hydrogens (primary N) is 1. The minimum absolute atomic E-state index is 0.0675. The molecule has 0 fully saturated rings. The summed E-state index contributed by atoms with van der Waals surface area (Å²) in [7, 11) is 0. The molecule has 1 amide bonds. The smallest absolute Gasteiger partial charge is 0.231 e. The minimum atomic E-state index is -0.289. The van der Waals surface area contributed by atoms with Gasteiger partial charge in [0.1, 0.15) is 0 Å². The first-order valence-electron chi connectivity index (χ1n) is 9.60. The molecule has 0 aliphatic carbocycles. The first-order chi connectivity index (χ1) is 14.2. The first-order valence-corrected chi connectivity index (χ1v) is 9.60. The number of H-pyrrole nitrogens is 1. The van der Waals surface area contributed by atoms with Gasteiger partial charge >= 0.3 is 0 Å². The van der Waals surface area contributed by atoms with Gasteiger partial charge in [0.2, 0.25) is 5.91 Å². The van der Waals surface area contributed by atoms with Crippen molar-refractivity contribution in [3.8, 4) is 0 Å². The Morgan fingerprint density at radius 2 is 1.69 bits per heavy atom. The van der Waals surface area contributed by atoms with E-state index in [4.69, 9.17) is 5.73 Å². The molecule has 5 N–H and O–H groups in total. The van der Waals surface area contributed by atoms with Crippen molar-refractivity contribution in [1.29, 1.82) is 0 Å². The van der Waals surface area contributed by atoms with Crippen LogP contribution in [-0.4, -0.2) is 22.6 Å². The molecule has 1 heterocycles. The standard InChI is InChI=1S/C23H23N5O/c24-14-13-19(16-7-3-1-4-8-16)23(29)26-18-11-12-21-20(15-18)22(28-27-21)25-17-9-5-2-6-10-17/h1-12,15,19H,13-14,24H2,(H,26,29)(H2,25,27,28). The van der Waals surface area contributed by atoms with Gasteiger partial charge in [0, 0.05) is 16.8 Å². The molecule has 29 heavy (non-hydrogen) atoms. The number of nitrogens with zero attached hydrogens (tertiary/aromatic N) is 1. The number of anilines is 3. The quantitative estimate of drug-likeness (QED) is 0.380. The molecule has 1 atom stereocenters. The fourth-order valence-corrected chi connectivity index (χ4v) is 3.38. The maximum atomic E-state index is 12.9. The number of carbonyl (C=O) groups excluding carboxylic acids is 1. The number of hydrogen-bond acceptors (Lipinski definition) is 4. The van der Waals surface area contributed by atoms with Crippen LogP contribution in [0, 0.1) is 0 Å². The van der Waals surface area contributed by atoms with E-state index in [2.05, 4.69) is 20.8 Å². The van der Waals surface area contributed by atoms with E-state index in [1.54, 1.807) is 0 Å². The SMILES string of the molecule is NCCC(C(=O)Nc1ccc2[nH]nc(Nc3ccccc3)c2c1)c1ccccc1. The summed E-state index contributed by atoms with van der Waals surface area (Å²) >= 11 is 0. The molecule has 4 aromatic rings. The molecule has 1 aromatic heterocycles. The highest BCUT2D eigenvalue weighted by molar-refractivity contribution is 6.00. The van der Waals surface area contributed by atoms with Gasteiger partial charge in [-0.15, -0.1) is 0 Å². The van der Waals surface area contributed by atoms with Crippen molar-refractivity contribution in [3.05, 3.63) is 84.4 Å². The third-order valence-electron chi connectivity index (χ3n) is 4.84. The topological polar surface area (TPSA) is 95.8 Å². The average Bonchev–Trinajstić information content (AvgIpc) is 3.15. The molecule has 0 saturated carbocycles. The summed E-state index contributed by atoms with van der Waals surface area (Å²) in [5, 5.41) is 14.6. The Labute approximate surface area is 169 Å². The summed E-state index contributed by atoms with van der Waals surface area (Å²) in [6.07, 6.45) is 0.588. The Morgan fingerprint density at radius 3 is 2.41 bits per heavy atom. The monoisotopic (exact) mass is 385 g/mol. The molecule has 0 aliphatic heterocycles. The van der Waals surface area contributed by atoms with Crippen molar-refractivity contribution in [1.82, 2.24) is 10.2 Å². The van der Waals surface area contributed by atoms with E-state index in [9.17, 15) is 4.79 Å². The van der Waals surface area contributed by atoms with Gasteiger partial charge in [0.25, 0.3) is 0 Å². The van der Waals surface area contributed by atoms with E-state index >= 15 is 0 Å². The van der Waals surface area contributed by atoms with Crippen LogP contribution in [0.25, 0.3) is 10.9 Å². The van der Waals surface area contributed by atoms with E-state index in [0.717, 1.165) is 27.8 Å². The summed E-state index contributed by atoms with van der Waals surface area (Å²) in [5.41, 5.74) is 9.27. The van der Waals surface area contributed by atoms with Crippen LogP contribution >= 0.6 is 0 Å². The third kappa shape index (κ3) is 4.28. The number of hydrogen-bond donors (Lipinski definition) is 4. The van der Waals surface area contributed by atoms with Crippen LogP contribution in [0.5, 0.6) is 0 Å². The number of aromatic nitrogens is 2. The molecule has 146 valence electrons. The normalized spacial score (nSPS) is 11.9. The fraction of sp³-hybridized carbons (Fsp3) is 0.130. The Bertz CT molecular complexity index is 1090. The summed E-state index contributed by atoms with van der Waals surface area (Å²) in [6, 6.07) is 25.3. The Balaban J connectivity index is 1.57. The zero-order valence-electron chi connectivity index (χ0n) is 15.9. The summed E-state index contributed by atoms with van der Waals surface area (Å²) in [5.74, 6) is 0.356. The second kappa shape index (κ2) is 8.58. The number of benzene rings is 3. The number of fused-ring (bicyclic) bond motifs is 1. The average molecular weight is 385 g/mol. The number of nitrogens with one attached hydrogen (secondary N) is 3. The largest absolute Gasteiger partial charge is 0.338 e. The van der Waals surface area contributed by atoms with Crippen molar-refractivity contribution in [2.45, 2.75) is 12.3 Å². The van der Waals surface area contributed by atoms with Gasteiger partial charge in [-0.2, -0.15) is 5.10 Å². The van der Waals surface area contributed by atoms with Gasteiger partial charge in [-0.1, -0.05) is 48.5 Å². The molecule has 0 bridgehead atoms. The lowest BCUT2D eigenvalue weighted by Gasteiger charge is -2.16. The molecule has 0 radical (unpaired) electrons. The van der Waals surface area contributed by atoms with Crippen LogP contribution in [-0.2, 0) is 4.79 Å². The van der Waals surface area contributed by atoms with Crippen LogP contribution in [0.15, 0.2) is 78.9 Å². The van der Waals surface area contributed by atoms with Gasteiger partial charge in [0.15, 0.2) is 5.82 Å². The molecular weight excluding hydrogens is 362 g/mol. The molecule has 4 rings (SSSR count). The lowest BCUT2D eigenvalue weighted by molar-refractivity contribution is -0.117. The molecule has 0 aliphatic rings. The van der Waals surface area contributed by atoms with Crippen molar-refractivity contribution < 1.29 is 4.79 Å². The van der Waals surface area contributed by atoms with Gasteiger partial charge < -0.3 is 16.4 Å². The highest BCUT2D eigenvalue weighted by Gasteiger charge is 2.20. The van der Waals surface area contributed by atoms with Crippen LogP contribution in [0.3, 0.4) is 0 Å². The van der Waals surface area contributed by atoms with E-state index in [1.807, 2.05) is 78.9 Å². The first kappa shape index (κ1) is 18.7. The summed E-state index contributed by atoms with van der Waals surface area (Å²) in [4.78, 5) is 12.9. The molecule has 1 unspecified atom stereocenters. The second-order valence-electron chi connectivity index (χ2n) is 6.85. The maximum Gasteiger partial charge on any atom is 0.231 e. The zero-order chi connectivity index (χ0) is 20.1. The number of rotatable bonds is 7. The van der Waals surface area contributed by atoms with Gasteiger partial charge in [0.05, 0.1) is 11.4 Å². The van der Waals surface area contributed by atoms with E-state index in [0.29, 0.717) is 18.8 Å². The lowest BCUT2D eigenvalue weighted by Crippen LogP contribution is -2.23. The molecule has 0 spiro atoms. The van der Waals surface area contributed by atoms with E-state index in [1.165, 1.54) is 0 Å². The molecule has 6 nitrogen and oxygen atoms in total. The van der Waals surface area contributed by atoms with Crippen molar-refractivity contribution in [2.75, 3.05) is 17.2 Å². The maximum absolute atomic E-state index is 12.9. The van der Waals surface area contributed by atoms with Crippen molar-refractivity contribution >= 4 is 34.0 Å². The van der Waals surface area contributed by atoms with E-state index in [-0.39, 0.29) is 11.8 Å². The molecular formula is C23H23N5O. The summed E-state index contributed by atoms with van der Waals surface area (Å²) < 4.78 is 0. The van der Waals surface area contributed by atoms with Crippen LogP contribution < -0.4 is 16.4 Å².